The summed E-state index contributed by atoms with van der Waals surface area (Å²) in [5.41, 5.74) is 2.67. The van der Waals surface area contributed by atoms with Gasteiger partial charge in [0.25, 0.3) is 5.91 Å². The van der Waals surface area contributed by atoms with Gasteiger partial charge in [-0.2, -0.15) is 0 Å². The number of ether oxygens (including phenoxy) is 2. The zero-order valence-corrected chi connectivity index (χ0v) is 16.2. The summed E-state index contributed by atoms with van der Waals surface area (Å²) < 4.78 is 10.8. The monoisotopic (exact) mass is 380 g/mol. The third-order valence-electron chi connectivity index (χ3n) is 5.39. The lowest BCUT2D eigenvalue weighted by atomic mass is 10.0. The average molecular weight is 380 g/mol. The van der Waals surface area contributed by atoms with Crippen LogP contribution in [0.15, 0.2) is 42.5 Å². The number of likely N-dealkylation sites (tertiary alicyclic amines) is 1. The van der Waals surface area contributed by atoms with E-state index in [2.05, 4.69) is 0 Å². The molecule has 0 unspecified atom stereocenters. The van der Waals surface area contributed by atoms with Crippen LogP contribution in [-0.4, -0.2) is 55.1 Å². The van der Waals surface area contributed by atoms with E-state index in [1.807, 2.05) is 54.3 Å². The number of amides is 2. The second kappa shape index (κ2) is 7.54. The highest BCUT2D eigenvalue weighted by Crippen LogP contribution is 2.35. The Hall–Kier alpha value is -3.02. The van der Waals surface area contributed by atoms with Crippen molar-refractivity contribution in [3.63, 3.8) is 0 Å². The molecular weight excluding hydrogens is 356 g/mol. The van der Waals surface area contributed by atoms with Gasteiger partial charge in [-0.1, -0.05) is 18.2 Å². The van der Waals surface area contributed by atoms with Crippen LogP contribution in [0.25, 0.3) is 11.1 Å². The van der Waals surface area contributed by atoms with Gasteiger partial charge < -0.3 is 19.3 Å². The summed E-state index contributed by atoms with van der Waals surface area (Å²) in [5.74, 6) is 1.85. The zero-order chi connectivity index (χ0) is 19.7. The third-order valence-corrected chi connectivity index (χ3v) is 5.39. The van der Waals surface area contributed by atoms with E-state index in [1.54, 1.807) is 11.9 Å². The van der Waals surface area contributed by atoms with E-state index in [0.717, 1.165) is 35.7 Å². The number of benzene rings is 2. The van der Waals surface area contributed by atoms with Crippen molar-refractivity contribution in [3.8, 4) is 22.6 Å². The molecule has 6 heteroatoms. The van der Waals surface area contributed by atoms with Crippen LogP contribution in [0.2, 0.25) is 0 Å². The molecule has 0 bridgehead atoms. The SMILES string of the molecule is CCN1C[C@H](CN(C)C(=O)c2ccc(-c3ccc4c(c3)OCO4)cc2)CC1=O. The maximum atomic E-state index is 12.8. The first-order valence-electron chi connectivity index (χ1n) is 9.58. The number of nitrogens with zero attached hydrogens (tertiary/aromatic N) is 2. The van der Waals surface area contributed by atoms with Gasteiger partial charge in [0.1, 0.15) is 0 Å². The third kappa shape index (κ3) is 3.54. The Balaban J connectivity index is 1.42. The van der Waals surface area contributed by atoms with Crippen molar-refractivity contribution < 1.29 is 19.1 Å². The second-order valence-corrected chi connectivity index (χ2v) is 7.33. The Morgan fingerprint density at radius 2 is 1.82 bits per heavy atom. The van der Waals surface area contributed by atoms with Gasteiger partial charge in [0.15, 0.2) is 11.5 Å². The summed E-state index contributed by atoms with van der Waals surface area (Å²) >= 11 is 0. The smallest absolute Gasteiger partial charge is 0.253 e. The highest BCUT2D eigenvalue weighted by molar-refractivity contribution is 5.94. The average Bonchev–Trinajstić information content (AvgIpc) is 3.32. The lowest BCUT2D eigenvalue weighted by molar-refractivity contribution is -0.127. The molecule has 6 nitrogen and oxygen atoms in total. The molecule has 1 atom stereocenters. The maximum Gasteiger partial charge on any atom is 0.253 e. The van der Waals surface area contributed by atoms with Crippen molar-refractivity contribution >= 4 is 11.8 Å². The molecule has 2 aromatic carbocycles. The highest BCUT2D eigenvalue weighted by atomic mass is 16.7. The molecule has 0 spiro atoms. The molecule has 2 heterocycles. The van der Waals surface area contributed by atoms with Crippen LogP contribution in [0.4, 0.5) is 0 Å². The van der Waals surface area contributed by atoms with Crippen LogP contribution < -0.4 is 9.47 Å². The zero-order valence-electron chi connectivity index (χ0n) is 16.2. The quantitative estimate of drug-likeness (QED) is 0.800. The Labute approximate surface area is 164 Å². The predicted octanol–water partition coefficient (Wildman–Crippen LogP) is 3.02. The fourth-order valence-corrected chi connectivity index (χ4v) is 3.85. The van der Waals surface area contributed by atoms with E-state index in [1.165, 1.54) is 0 Å². The van der Waals surface area contributed by atoms with Crippen molar-refractivity contribution in [3.05, 3.63) is 48.0 Å². The summed E-state index contributed by atoms with van der Waals surface area (Å²) in [6.07, 6.45) is 0.522. The van der Waals surface area contributed by atoms with Crippen LogP contribution in [0, 0.1) is 5.92 Å². The largest absolute Gasteiger partial charge is 0.454 e. The summed E-state index contributed by atoms with van der Waals surface area (Å²) in [6.45, 7) is 4.29. The molecule has 2 amide bonds. The van der Waals surface area contributed by atoms with Gasteiger partial charge in [0.2, 0.25) is 12.7 Å². The molecule has 0 aromatic heterocycles. The topological polar surface area (TPSA) is 59.1 Å². The minimum Gasteiger partial charge on any atom is -0.454 e. The van der Waals surface area contributed by atoms with Crippen LogP contribution in [0.3, 0.4) is 0 Å². The van der Waals surface area contributed by atoms with E-state index in [-0.39, 0.29) is 24.5 Å². The summed E-state index contributed by atoms with van der Waals surface area (Å²) in [5, 5.41) is 0. The fraction of sp³-hybridized carbons (Fsp3) is 0.364. The van der Waals surface area contributed by atoms with Crippen molar-refractivity contribution in [1.82, 2.24) is 9.80 Å². The van der Waals surface area contributed by atoms with Gasteiger partial charge in [-0.25, -0.2) is 0 Å². The predicted molar refractivity (Wildman–Crippen MR) is 105 cm³/mol. The Kier molecular flexibility index (Phi) is 4.94. The maximum absolute atomic E-state index is 12.8. The van der Waals surface area contributed by atoms with Gasteiger partial charge in [0, 0.05) is 44.6 Å². The van der Waals surface area contributed by atoms with E-state index in [0.29, 0.717) is 18.5 Å². The molecule has 1 saturated heterocycles. The molecule has 1 fully saturated rings. The van der Waals surface area contributed by atoms with E-state index >= 15 is 0 Å². The first-order valence-corrected chi connectivity index (χ1v) is 9.58. The minimum absolute atomic E-state index is 0.0281. The lowest BCUT2D eigenvalue weighted by Crippen LogP contribution is -2.33. The number of carbonyl (C=O) groups excluding carboxylic acids is 2. The molecule has 0 saturated carbocycles. The van der Waals surface area contributed by atoms with E-state index in [4.69, 9.17) is 9.47 Å². The molecule has 0 N–H and O–H groups in total. The van der Waals surface area contributed by atoms with Gasteiger partial charge >= 0.3 is 0 Å². The van der Waals surface area contributed by atoms with E-state index in [9.17, 15) is 9.59 Å². The summed E-state index contributed by atoms with van der Waals surface area (Å²) in [4.78, 5) is 28.2. The van der Waals surface area contributed by atoms with Crippen molar-refractivity contribution in [2.75, 3.05) is 33.5 Å². The molecule has 28 heavy (non-hydrogen) atoms. The normalized spacial score (nSPS) is 17.9. The summed E-state index contributed by atoms with van der Waals surface area (Å²) in [6, 6.07) is 13.4. The number of fused-ring (bicyclic) bond motifs is 1. The Morgan fingerprint density at radius 1 is 1.11 bits per heavy atom. The molecule has 146 valence electrons. The standard InChI is InChI=1S/C22H24N2O4/c1-3-24-13-15(10-21(24)25)12-23(2)22(26)17-6-4-16(5-7-17)18-8-9-19-20(11-18)28-14-27-19/h4-9,11,15H,3,10,12-14H2,1-2H3/t15-/m0/s1. The van der Waals surface area contributed by atoms with Crippen LogP contribution >= 0.6 is 0 Å². The number of rotatable bonds is 5. The van der Waals surface area contributed by atoms with Crippen LogP contribution in [-0.2, 0) is 4.79 Å². The molecule has 0 aliphatic carbocycles. The molecule has 0 radical (unpaired) electrons. The molecule has 2 aromatic rings. The van der Waals surface area contributed by atoms with Crippen molar-refractivity contribution in [1.29, 1.82) is 0 Å². The lowest BCUT2D eigenvalue weighted by Gasteiger charge is -2.21. The number of hydrogen-bond donors (Lipinski definition) is 0. The van der Waals surface area contributed by atoms with Gasteiger partial charge in [0.05, 0.1) is 0 Å². The van der Waals surface area contributed by atoms with Gasteiger partial charge in [-0.15, -0.1) is 0 Å². The van der Waals surface area contributed by atoms with Crippen LogP contribution in [0.5, 0.6) is 11.5 Å². The molecular formula is C22H24N2O4. The van der Waals surface area contributed by atoms with Gasteiger partial charge in [-0.05, 0) is 42.3 Å². The first kappa shape index (κ1) is 18.3. The molecule has 2 aliphatic rings. The van der Waals surface area contributed by atoms with Crippen molar-refractivity contribution in [2.24, 2.45) is 5.92 Å². The minimum atomic E-state index is -0.0281. The number of hydrogen-bond acceptors (Lipinski definition) is 4. The van der Waals surface area contributed by atoms with Crippen LogP contribution in [0.1, 0.15) is 23.7 Å². The highest BCUT2D eigenvalue weighted by Gasteiger charge is 2.30. The van der Waals surface area contributed by atoms with Crippen molar-refractivity contribution in [2.45, 2.75) is 13.3 Å². The van der Waals surface area contributed by atoms with Gasteiger partial charge in [-0.3, -0.25) is 9.59 Å². The fourth-order valence-electron chi connectivity index (χ4n) is 3.85. The Bertz CT molecular complexity index is 894. The Morgan fingerprint density at radius 3 is 2.54 bits per heavy atom. The first-order chi connectivity index (χ1) is 13.5. The van der Waals surface area contributed by atoms with E-state index < -0.39 is 0 Å². The summed E-state index contributed by atoms with van der Waals surface area (Å²) in [7, 11) is 1.80. The molecule has 4 rings (SSSR count). The molecule has 2 aliphatic heterocycles. The second-order valence-electron chi connectivity index (χ2n) is 7.33. The number of carbonyl (C=O) groups is 2.